The average molecular weight is 319 g/mol. The van der Waals surface area contributed by atoms with E-state index >= 15 is 0 Å². The van der Waals surface area contributed by atoms with Gasteiger partial charge in [-0.2, -0.15) is 0 Å². The highest BCUT2D eigenvalue weighted by Crippen LogP contribution is 2.35. The van der Waals surface area contributed by atoms with Crippen LogP contribution < -0.4 is 11.1 Å². The Balaban J connectivity index is 1.39. The molecule has 23 heavy (non-hydrogen) atoms. The Kier molecular flexibility index (Phi) is 5.28. The maximum Gasteiger partial charge on any atom is 0.234 e. The lowest BCUT2D eigenvalue weighted by molar-refractivity contribution is -0.122. The number of nitrogens with one attached hydrogen (secondary N) is 1. The number of fused-ring (bicyclic) bond motifs is 1. The first kappa shape index (κ1) is 16.4. The summed E-state index contributed by atoms with van der Waals surface area (Å²) in [4.78, 5) is 14.3. The van der Waals surface area contributed by atoms with Crippen molar-refractivity contribution in [1.29, 1.82) is 0 Å². The van der Waals surface area contributed by atoms with E-state index in [1.807, 2.05) is 0 Å². The molecule has 126 valence electrons. The number of nitrogens with zero attached hydrogens (tertiary/aromatic N) is 1. The maximum absolute atomic E-state index is 12.8. The second kappa shape index (κ2) is 7.41. The lowest BCUT2D eigenvalue weighted by Gasteiger charge is -2.29. The van der Waals surface area contributed by atoms with Gasteiger partial charge in [-0.05, 0) is 48.8 Å². The molecule has 1 amide bonds. The lowest BCUT2D eigenvalue weighted by atomic mass is 9.78. The maximum atomic E-state index is 12.8. The number of halogens is 1. The van der Waals surface area contributed by atoms with E-state index in [2.05, 4.69) is 10.2 Å². The second-order valence-corrected chi connectivity index (χ2v) is 6.94. The van der Waals surface area contributed by atoms with E-state index in [4.69, 9.17) is 5.73 Å². The van der Waals surface area contributed by atoms with Crippen LogP contribution >= 0.6 is 0 Å². The number of rotatable bonds is 5. The molecule has 3 N–H and O–H groups in total. The van der Waals surface area contributed by atoms with E-state index in [9.17, 15) is 9.18 Å². The van der Waals surface area contributed by atoms with Gasteiger partial charge in [0.25, 0.3) is 0 Å². The van der Waals surface area contributed by atoms with E-state index in [0.717, 1.165) is 31.5 Å². The minimum Gasteiger partial charge on any atom is -0.355 e. The quantitative estimate of drug-likeness (QED) is 0.865. The number of amides is 1. The molecule has 0 radical (unpaired) electrons. The van der Waals surface area contributed by atoms with Gasteiger partial charge in [0.05, 0.1) is 6.54 Å². The Bertz CT molecular complexity index is 534. The van der Waals surface area contributed by atoms with Crippen molar-refractivity contribution < 1.29 is 9.18 Å². The van der Waals surface area contributed by atoms with Crippen molar-refractivity contribution in [2.75, 3.05) is 26.2 Å². The molecule has 5 heteroatoms. The third kappa shape index (κ3) is 4.30. The summed E-state index contributed by atoms with van der Waals surface area (Å²) in [5.41, 5.74) is 7.25. The first-order valence-corrected chi connectivity index (χ1v) is 8.61. The van der Waals surface area contributed by atoms with Crippen LogP contribution in [-0.4, -0.2) is 43.0 Å². The topological polar surface area (TPSA) is 58.4 Å². The molecule has 1 aliphatic heterocycles. The molecule has 1 saturated carbocycles. The van der Waals surface area contributed by atoms with E-state index in [1.54, 1.807) is 12.1 Å². The number of nitrogens with two attached hydrogens (primary N) is 1. The van der Waals surface area contributed by atoms with Crippen LogP contribution in [0, 0.1) is 17.7 Å². The molecule has 2 aliphatic rings. The highest BCUT2D eigenvalue weighted by atomic mass is 19.1. The Labute approximate surface area is 137 Å². The Morgan fingerprint density at radius 1 is 1.26 bits per heavy atom. The summed E-state index contributed by atoms with van der Waals surface area (Å²) < 4.78 is 12.8. The molecule has 3 rings (SSSR count). The summed E-state index contributed by atoms with van der Waals surface area (Å²) in [6, 6.07) is 6.72. The third-order valence-electron chi connectivity index (χ3n) is 5.25. The van der Waals surface area contributed by atoms with Gasteiger partial charge in [-0.1, -0.05) is 18.6 Å². The SMILES string of the molecule is NC1CCCC2CN(CC(=O)NCCc3ccc(F)cc3)CC12. The monoisotopic (exact) mass is 319 g/mol. The number of likely N-dealkylation sites (tertiary alicyclic amines) is 1. The number of benzene rings is 1. The van der Waals surface area contributed by atoms with Crippen molar-refractivity contribution in [2.45, 2.75) is 31.7 Å². The first-order valence-electron chi connectivity index (χ1n) is 8.61. The average Bonchev–Trinajstić information content (AvgIpc) is 2.93. The van der Waals surface area contributed by atoms with Crippen LogP contribution in [0.25, 0.3) is 0 Å². The van der Waals surface area contributed by atoms with Crippen LogP contribution in [0.3, 0.4) is 0 Å². The molecule has 0 aromatic heterocycles. The van der Waals surface area contributed by atoms with Crippen molar-refractivity contribution in [1.82, 2.24) is 10.2 Å². The standard InChI is InChI=1S/C18H26FN3O/c19-15-6-4-13(5-7-15)8-9-21-18(23)12-22-10-14-2-1-3-17(20)16(14)11-22/h4-7,14,16-17H,1-3,8-12,20H2,(H,21,23). The molecular weight excluding hydrogens is 293 g/mol. The van der Waals surface area contributed by atoms with Crippen LogP contribution in [0.4, 0.5) is 4.39 Å². The molecule has 3 atom stereocenters. The van der Waals surface area contributed by atoms with E-state index in [1.165, 1.54) is 25.0 Å². The van der Waals surface area contributed by atoms with E-state index in [0.29, 0.717) is 31.0 Å². The van der Waals surface area contributed by atoms with Crippen LogP contribution in [0.2, 0.25) is 0 Å². The summed E-state index contributed by atoms with van der Waals surface area (Å²) in [7, 11) is 0. The van der Waals surface area contributed by atoms with Gasteiger partial charge in [0.1, 0.15) is 5.82 Å². The number of carbonyl (C=O) groups is 1. The normalized spacial score (nSPS) is 27.7. The van der Waals surface area contributed by atoms with Crippen molar-refractivity contribution >= 4 is 5.91 Å². The Morgan fingerprint density at radius 3 is 2.78 bits per heavy atom. The molecule has 3 unspecified atom stereocenters. The van der Waals surface area contributed by atoms with Gasteiger partial charge >= 0.3 is 0 Å². The molecule has 1 saturated heterocycles. The van der Waals surface area contributed by atoms with Gasteiger partial charge in [-0.15, -0.1) is 0 Å². The zero-order valence-electron chi connectivity index (χ0n) is 13.5. The van der Waals surface area contributed by atoms with Crippen molar-refractivity contribution in [3.63, 3.8) is 0 Å². The molecule has 1 aliphatic carbocycles. The van der Waals surface area contributed by atoms with Gasteiger partial charge in [0.15, 0.2) is 0 Å². The summed E-state index contributed by atoms with van der Waals surface area (Å²) in [5.74, 6) is 1.08. The molecule has 1 aromatic carbocycles. The van der Waals surface area contributed by atoms with Gasteiger partial charge < -0.3 is 11.1 Å². The summed E-state index contributed by atoms with van der Waals surface area (Å²) in [6.45, 7) is 3.01. The lowest BCUT2D eigenvalue weighted by Crippen LogP contribution is -2.39. The minimum atomic E-state index is -0.230. The van der Waals surface area contributed by atoms with Crippen molar-refractivity contribution in [2.24, 2.45) is 17.6 Å². The summed E-state index contributed by atoms with van der Waals surface area (Å²) in [5, 5.41) is 2.96. The van der Waals surface area contributed by atoms with Crippen LogP contribution in [0.5, 0.6) is 0 Å². The van der Waals surface area contributed by atoms with Gasteiger partial charge in [-0.3, -0.25) is 9.69 Å². The highest BCUT2D eigenvalue weighted by Gasteiger charge is 2.38. The predicted molar refractivity (Wildman–Crippen MR) is 88.4 cm³/mol. The fraction of sp³-hybridized carbons (Fsp3) is 0.611. The number of hydrogen-bond donors (Lipinski definition) is 2. The predicted octanol–water partition coefficient (Wildman–Crippen LogP) is 1.54. The molecule has 1 aromatic rings. The number of hydrogen-bond acceptors (Lipinski definition) is 3. The molecule has 0 bridgehead atoms. The molecule has 2 fully saturated rings. The fourth-order valence-electron chi connectivity index (χ4n) is 3.99. The molecule has 4 nitrogen and oxygen atoms in total. The third-order valence-corrected chi connectivity index (χ3v) is 5.25. The highest BCUT2D eigenvalue weighted by molar-refractivity contribution is 5.78. The Hall–Kier alpha value is -1.46. The zero-order valence-corrected chi connectivity index (χ0v) is 13.5. The van der Waals surface area contributed by atoms with Crippen LogP contribution in [-0.2, 0) is 11.2 Å². The molecule has 1 heterocycles. The van der Waals surface area contributed by atoms with Crippen molar-refractivity contribution in [3.05, 3.63) is 35.6 Å². The number of carbonyl (C=O) groups excluding carboxylic acids is 1. The second-order valence-electron chi connectivity index (χ2n) is 6.94. The fourth-order valence-corrected chi connectivity index (χ4v) is 3.99. The smallest absolute Gasteiger partial charge is 0.234 e. The molecule has 0 spiro atoms. The zero-order chi connectivity index (χ0) is 16.2. The largest absolute Gasteiger partial charge is 0.355 e. The molecular formula is C18H26FN3O. The van der Waals surface area contributed by atoms with E-state index < -0.39 is 0 Å². The first-order chi connectivity index (χ1) is 11.1. The van der Waals surface area contributed by atoms with E-state index in [-0.39, 0.29) is 11.7 Å². The van der Waals surface area contributed by atoms with Crippen LogP contribution in [0.15, 0.2) is 24.3 Å². The van der Waals surface area contributed by atoms with Gasteiger partial charge in [0, 0.05) is 25.7 Å². The summed E-state index contributed by atoms with van der Waals surface area (Å²) in [6.07, 6.45) is 4.32. The van der Waals surface area contributed by atoms with Crippen LogP contribution in [0.1, 0.15) is 24.8 Å². The minimum absolute atomic E-state index is 0.0688. The summed E-state index contributed by atoms with van der Waals surface area (Å²) >= 11 is 0. The van der Waals surface area contributed by atoms with Gasteiger partial charge in [-0.25, -0.2) is 4.39 Å². The van der Waals surface area contributed by atoms with Crippen molar-refractivity contribution in [3.8, 4) is 0 Å². The Morgan fingerprint density at radius 2 is 2.04 bits per heavy atom. The van der Waals surface area contributed by atoms with Gasteiger partial charge in [0.2, 0.25) is 5.91 Å².